The molecule has 3 heteroatoms. The predicted octanol–water partition coefficient (Wildman–Crippen LogP) is 2.80. The fourth-order valence-corrected chi connectivity index (χ4v) is 3.04. The standard InChI is InChI=1S/C17H26N2O/c1-17(13-20-14-17)12-18-11-15-5-7-16(8-6-15)19-9-3-2-4-10-19/h5-8,18H,2-4,9-14H2,1H3. The highest BCUT2D eigenvalue weighted by atomic mass is 16.5. The van der Waals surface area contributed by atoms with E-state index in [9.17, 15) is 0 Å². The Hall–Kier alpha value is -1.06. The number of nitrogens with one attached hydrogen (secondary N) is 1. The third-order valence-corrected chi connectivity index (χ3v) is 4.44. The summed E-state index contributed by atoms with van der Waals surface area (Å²) in [6.07, 6.45) is 4.06. The molecular formula is C17H26N2O. The molecule has 1 aromatic rings. The Bertz CT molecular complexity index is 419. The Morgan fingerprint density at radius 3 is 2.40 bits per heavy atom. The van der Waals surface area contributed by atoms with Crippen LogP contribution in [0.1, 0.15) is 31.7 Å². The number of piperidine rings is 1. The highest BCUT2D eigenvalue weighted by Gasteiger charge is 2.32. The molecule has 2 aliphatic rings. The van der Waals surface area contributed by atoms with Crippen molar-refractivity contribution >= 4 is 5.69 Å². The highest BCUT2D eigenvalue weighted by Crippen LogP contribution is 2.25. The SMILES string of the molecule is CC1(CNCc2ccc(N3CCCCC3)cc2)COC1. The average Bonchev–Trinajstić information content (AvgIpc) is 2.47. The molecule has 0 aromatic heterocycles. The highest BCUT2D eigenvalue weighted by molar-refractivity contribution is 5.47. The minimum Gasteiger partial charge on any atom is -0.380 e. The molecule has 110 valence electrons. The first kappa shape index (κ1) is 13.9. The van der Waals surface area contributed by atoms with Crippen molar-refractivity contribution in [1.82, 2.24) is 5.32 Å². The molecular weight excluding hydrogens is 248 g/mol. The number of nitrogens with zero attached hydrogens (tertiary/aromatic N) is 1. The van der Waals surface area contributed by atoms with Crippen LogP contribution >= 0.6 is 0 Å². The Morgan fingerprint density at radius 1 is 1.10 bits per heavy atom. The molecule has 0 spiro atoms. The van der Waals surface area contributed by atoms with Gasteiger partial charge in [-0.05, 0) is 37.0 Å². The van der Waals surface area contributed by atoms with E-state index in [0.29, 0.717) is 5.41 Å². The van der Waals surface area contributed by atoms with E-state index in [4.69, 9.17) is 4.74 Å². The topological polar surface area (TPSA) is 24.5 Å². The average molecular weight is 274 g/mol. The molecule has 0 saturated carbocycles. The summed E-state index contributed by atoms with van der Waals surface area (Å²) in [7, 11) is 0. The van der Waals surface area contributed by atoms with Crippen LogP contribution in [0.15, 0.2) is 24.3 Å². The van der Waals surface area contributed by atoms with Gasteiger partial charge in [0.25, 0.3) is 0 Å². The smallest absolute Gasteiger partial charge is 0.0554 e. The van der Waals surface area contributed by atoms with Gasteiger partial charge in [-0.2, -0.15) is 0 Å². The van der Waals surface area contributed by atoms with Crippen LogP contribution in [0.2, 0.25) is 0 Å². The summed E-state index contributed by atoms with van der Waals surface area (Å²) in [6.45, 7) is 8.51. The minimum absolute atomic E-state index is 0.355. The van der Waals surface area contributed by atoms with E-state index in [0.717, 1.165) is 26.3 Å². The van der Waals surface area contributed by atoms with E-state index in [-0.39, 0.29) is 0 Å². The van der Waals surface area contributed by atoms with Gasteiger partial charge in [-0.25, -0.2) is 0 Å². The maximum absolute atomic E-state index is 5.28. The lowest BCUT2D eigenvalue weighted by atomic mass is 9.89. The van der Waals surface area contributed by atoms with Crippen LogP contribution in [-0.4, -0.2) is 32.8 Å². The van der Waals surface area contributed by atoms with Crippen LogP contribution in [0.4, 0.5) is 5.69 Å². The molecule has 0 unspecified atom stereocenters. The normalized spacial score (nSPS) is 21.6. The van der Waals surface area contributed by atoms with Gasteiger partial charge >= 0.3 is 0 Å². The Labute approximate surface area is 122 Å². The summed E-state index contributed by atoms with van der Waals surface area (Å²) >= 11 is 0. The van der Waals surface area contributed by atoms with Gasteiger partial charge < -0.3 is 15.0 Å². The monoisotopic (exact) mass is 274 g/mol. The fraction of sp³-hybridized carbons (Fsp3) is 0.647. The third-order valence-electron chi connectivity index (χ3n) is 4.44. The van der Waals surface area contributed by atoms with Crippen LogP contribution in [0.3, 0.4) is 0 Å². The van der Waals surface area contributed by atoms with Crippen molar-refractivity contribution in [2.75, 3.05) is 37.7 Å². The summed E-state index contributed by atoms with van der Waals surface area (Å²) in [6, 6.07) is 9.07. The molecule has 0 atom stereocenters. The van der Waals surface area contributed by atoms with Crippen LogP contribution in [0.5, 0.6) is 0 Å². The molecule has 2 aliphatic heterocycles. The molecule has 1 aromatic carbocycles. The number of hydrogen-bond donors (Lipinski definition) is 1. The lowest BCUT2D eigenvalue weighted by Crippen LogP contribution is -2.47. The predicted molar refractivity (Wildman–Crippen MR) is 83.1 cm³/mol. The van der Waals surface area contributed by atoms with Crippen LogP contribution in [0.25, 0.3) is 0 Å². The number of hydrogen-bond acceptors (Lipinski definition) is 3. The number of ether oxygens (including phenoxy) is 1. The summed E-state index contributed by atoms with van der Waals surface area (Å²) in [5, 5.41) is 3.55. The maximum atomic E-state index is 5.28. The van der Waals surface area contributed by atoms with E-state index in [1.54, 1.807) is 0 Å². The van der Waals surface area contributed by atoms with Crippen LogP contribution in [-0.2, 0) is 11.3 Å². The van der Waals surface area contributed by atoms with Crippen molar-refractivity contribution in [3.63, 3.8) is 0 Å². The maximum Gasteiger partial charge on any atom is 0.0554 e. The van der Waals surface area contributed by atoms with E-state index in [2.05, 4.69) is 41.4 Å². The van der Waals surface area contributed by atoms with Gasteiger partial charge in [0.05, 0.1) is 13.2 Å². The lowest BCUT2D eigenvalue weighted by molar-refractivity contribution is -0.0991. The second-order valence-corrected chi connectivity index (χ2v) is 6.62. The lowest BCUT2D eigenvalue weighted by Gasteiger charge is -2.38. The molecule has 2 saturated heterocycles. The number of benzene rings is 1. The van der Waals surface area contributed by atoms with E-state index in [1.807, 2.05) is 0 Å². The van der Waals surface area contributed by atoms with Crippen LogP contribution in [0, 0.1) is 5.41 Å². The molecule has 3 rings (SSSR count). The Kier molecular flexibility index (Phi) is 4.27. The van der Waals surface area contributed by atoms with Gasteiger partial charge in [0.15, 0.2) is 0 Å². The second-order valence-electron chi connectivity index (χ2n) is 6.62. The molecule has 20 heavy (non-hydrogen) atoms. The molecule has 0 bridgehead atoms. The first-order valence-corrected chi connectivity index (χ1v) is 7.88. The van der Waals surface area contributed by atoms with Gasteiger partial charge in [-0.15, -0.1) is 0 Å². The van der Waals surface area contributed by atoms with Crippen molar-refractivity contribution in [2.24, 2.45) is 5.41 Å². The van der Waals surface area contributed by atoms with Crippen molar-refractivity contribution < 1.29 is 4.74 Å². The molecule has 2 fully saturated rings. The number of rotatable bonds is 5. The third kappa shape index (κ3) is 3.33. The minimum atomic E-state index is 0.355. The Morgan fingerprint density at radius 2 is 1.80 bits per heavy atom. The molecule has 0 amide bonds. The summed E-state index contributed by atoms with van der Waals surface area (Å²) < 4.78 is 5.28. The first-order valence-electron chi connectivity index (χ1n) is 7.88. The Balaban J connectivity index is 1.48. The summed E-state index contributed by atoms with van der Waals surface area (Å²) in [4.78, 5) is 2.51. The van der Waals surface area contributed by atoms with Crippen molar-refractivity contribution in [3.05, 3.63) is 29.8 Å². The summed E-state index contributed by atoms with van der Waals surface area (Å²) in [5.74, 6) is 0. The van der Waals surface area contributed by atoms with Crippen molar-refractivity contribution in [3.8, 4) is 0 Å². The zero-order valence-corrected chi connectivity index (χ0v) is 12.5. The van der Waals surface area contributed by atoms with Gasteiger partial charge in [-0.1, -0.05) is 19.1 Å². The quantitative estimate of drug-likeness (QED) is 0.893. The zero-order chi connectivity index (χ0) is 13.8. The van der Waals surface area contributed by atoms with Crippen molar-refractivity contribution in [2.45, 2.75) is 32.7 Å². The van der Waals surface area contributed by atoms with E-state index < -0.39 is 0 Å². The molecule has 1 N–H and O–H groups in total. The van der Waals surface area contributed by atoms with Crippen LogP contribution < -0.4 is 10.2 Å². The van der Waals surface area contributed by atoms with E-state index in [1.165, 1.54) is 43.6 Å². The van der Waals surface area contributed by atoms with Gasteiger partial charge in [0.2, 0.25) is 0 Å². The summed E-state index contributed by atoms with van der Waals surface area (Å²) in [5.41, 5.74) is 3.11. The van der Waals surface area contributed by atoms with Gasteiger partial charge in [0.1, 0.15) is 0 Å². The van der Waals surface area contributed by atoms with E-state index >= 15 is 0 Å². The fourth-order valence-electron chi connectivity index (χ4n) is 3.04. The largest absolute Gasteiger partial charge is 0.380 e. The van der Waals surface area contributed by atoms with Gasteiger partial charge in [-0.3, -0.25) is 0 Å². The van der Waals surface area contributed by atoms with Crippen molar-refractivity contribution in [1.29, 1.82) is 0 Å². The molecule has 0 radical (unpaired) electrons. The zero-order valence-electron chi connectivity index (χ0n) is 12.5. The number of anilines is 1. The molecule has 2 heterocycles. The molecule has 3 nitrogen and oxygen atoms in total. The van der Waals surface area contributed by atoms with Gasteiger partial charge in [0, 0.05) is 37.3 Å². The second kappa shape index (κ2) is 6.15. The molecule has 0 aliphatic carbocycles. The first-order chi connectivity index (χ1) is 9.75.